The van der Waals surface area contributed by atoms with Crippen LogP contribution in [-0.4, -0.2) is 61.2 Å². The van der Waals surface area contributed by atoms with Gasteiger partial charge in [-0.05, 0) is 29.9 Å². The fourth-order valence-electron chi connectivity index (χ4n) is 3.72. The van der Waals surface area contributed by atoms with Crippen LogP contribution in [-0.2, 0) is 26.3 Å². The molecule has 2 fully saturated rings. The minimum Gasteiger partial charge on any atom is -0.448 e. The number of amides is 2. The van der Waals surface area contributed by atoms with E-state index in [2.05, 4.69) is 11.4 Å². The summed E-state index contributed by atoms with van der Waals surface area (Å²) < 4.78 is 11.0. The standard InChI is InChI=1S/C16H20N2O4S/c19-14(11-18-7-9-21-15(18)20)17-5-3-16(4-6-17)12-2-10-23-13(12)1-8-22-16/h2,10H,1,3-9,11H2. The van der Waals surface area contributed by atoms with Gasteiger partial charge in [0.15, 0.2) is 0 Å². The van der Waals surface area contributed by atoms with Crippen LogP contribution in [0.1, 0.15) is 23.3 Å². The van der Waals surface area contributed by atoms with Crippen molar-refractivity contribution in [2.45, 2.75) is 24.9 Å². The Kier molecular flexibility index (Phi) is 3.77. The summed E-state index contributed by atoms with van der Waals surface area (Å²) in [7, 11) is 0. The van der Waals surface area contributed by atoms with Crippen LogP contribution in [0.2, 0.25) is 0 Å². The molecule has 1 spiro atoms. The van der Waals surface area contributed by atoms with Crippen molar-refractivity contribution in [3.05, 3.63) is 21.9 Å². The van der Waals surface area contributed by atoms with Gasteiger partial charge in [0.2, 0.25) is 5.91 Å². The van der Waals surface area contributed by atoms with Gasteiger partial charge in [0.25, 0.3) is 0 Å². The predicted molar refractivity (Wildman–Crippen MR) is 84.4 cm³/mol. The van der Waals surface area contributed by atoms with Gasteiger partial charge in [-0.15, -0.1) is 11.3 Å². The van der Waals surface area contributed by atoms with Crippen LogP contribution in [0.3, 0.4) is 0 Å². The summed E-state index contributed by atoms with van der Waals surface area (Å²) in [5, 5.41) is 2.14. The highest BCUT2D eigenvalue weighted by Gasteiger charge is 2.42. The molecule has 23 heavy (non-hydrogen) atoms. The van der Waals surface area contributed by atoms with E-state index in [1.54, 1.807) is 11.3 Å². The summed E-state index contributed by atoms with van der Waals surface area (Å²) in [5.74, 6) is 0.0000477. The number of hydrogen-bond donors (Lipinski definition) is 0. The second-order valence-electron chi connectivity index (χ2n) is 6.27. The van der Waals surface area contributed by atoms with E-state index in [0.29, 0.717) is 26.2 Å². The lowest BCUT2D eigenvalue weighted by molar-refractivity contribution is -0.141. The van der Waals surface area contributed by atoms with Crippen molar-refractivity contribution < 1.29 is 19.1 Å². The zero-order valence-corrected chi connectivity index (χ0v) is 13.8. The van der Waals surface area contributed by atoms with E-state index in [9.17, 15) is 9.59 Å². The number of likely N-dealkylation sites (tertiary alicyclic amines) is 1. The summed E-state index contributed by atoms with van der Waals surface area (Å²) in [6.45, 7) is 3.12. The number of carbonyl (C=O) groups is 2. The van der Waals surface area contributed by atoms with Crippen molar-refractivity contribution in [3.63, 3.8) is 0 Å². The normalized spacial score (nSPS) is 23.0. The van der Waals surface area contributed by atoms with Crippen LogP contribution in [0, 0.1) is 0 Å². The van der Waals surface area contributed by atoms with Crippen molar-refractivity contribution >= 4 is 23.3 Å². The number of carbonyl (C=O) groups excluding carboxylic acids is 2. The van der Waals surface area contributed by atoms with Gasteiger partial charge in [0.1, 0.15) is 13.2 Å². The molecule has 124 valence electrons. The summed E-state index contributed by atoms with van der Waals surface area (Å²) in [4.78, 5) is 28.6. The van der Waals surface area contributed by atoms with Gasteiger partial charge in [-0.1, -0.05) is 0 Å². The second kappa shape index (κ2) is 5.79. The minimum atomic E-state index is -0.384. The number of ether oxygens (including phenoxy) is 2. The molecule has 0 unspecified atom stereocenters. The molecule has 2 amide bonds. The quantitative estimate of drug-likeness (QED) is 0.823. The van der Waals surface area contributed by atoms with Crippen LogP contribution in [0.5, 0.6) is 0 Å². The Bertz CT molecular complexity index is 621. The Morgan fingerprint density at radius 3 is 2.83 bits per heavy atom. The van der Waals surface area contributed by atoms with Gasteiger partial charge in [-0.25, -0.2) is 4.79 Å². The van der Waals surface area contributed by atoms with Crippen LogP contribution in [0.4, 0.5) is 4.79 Å². The van der Waals surface area contributed by atoms with Crippen molar-refractivity contribution in [2.24, 2.45) is 0 Å². The molecule has 2 saturated heterocycles. The van der Waals surface area contributed by atoms with E-state index < -0.39 is 0 Å². The largest absolute Gasteiger partial charge is 0.448 e. The Balaban J connectivity index is 1.40. The molecule has 0 saturated carbocycles. The third kappa shape index (κ3) is 2.61. The molecular weight excluding hydrogens is 316 g/mol. The second-order valence-corrected chi connectivity index (χ2v) is 7.27. The first kappa shape index (κ1) is 15.0. The number of fused-ring (bicyclic) bond motifs is 2. The lowest BCUT2D eigenvalue weighted by atomic mass is 9.82. The van der Waals surface area contributed by atoms with Crippen LogP contribution in [0.25, 0.3) is 0 Å². The molecule has 0 radical (unpaired) electrons. The number of cyclic esters (lactones) is 1. The first-order valence-corrected chi connectivity index (χ1v) is 8.96. The van der Waals surface area contributed by atoms with E-state index in [1.807, 2.05) is 4.90 Å². The zero-order chi connectivity index (χ0) is 15.9. The van der Waals surface area contributed by atoms with Gasteiger partial charge >= 0.3 is 6.09 Å². The summed E-state index contributed by atoms with van der Waals surface area (Å²) in [5.41, 5.74) is 1.11. The molecule has 4 heterocycles. The van der Waals surface area contributed by atoms with Gasteiger partial charge in [0, 0.05) is 24.4 Å². The first-order valence-electron chi connectivity index (χ1n) is 8.08. The average Bonchev–Trinajstić information content (AvgIpc) is 3.19. The number of hydrogen-bond acceptors (Lipinski definition) is 5. The van der Waals surface area contributed by atoms with Gasteiger partial charge in [-0.3, -0.25) is 9.69 Å². The fourth-order valence-corrected chi connectivity index (χ4v) is 4.67. The van der Waals surface area contributed by atoms with Crippen LogP contribution in [0.15, 0.2) is 11.4 Å². The molecule has 3 aliphatic heterocycles. The first-order chi connectivity index (χ1) is 11.2. The molecule has 4 rings (SSSR count). The maximum atomic E-state index is 12.4. The number of thiophene rings is 1. The topological polar surface area (TPSA) is 59.1 Å². The van der Waals surface area contributed by atoms with Gasteiger partial charge in [0.05, 0.1) is 18.8 Å². The predicted octanol–water partition coefficient (Wildman–Crippen LogP) is 1.59. The summed E-state index contributed by atoms with van der Waals surface area (Å²) >= 11 is 1.80. The molecule has 1 aromatic heterocycles. The maximum absolute atomic E-state index is 12.4. The van der Waals surface area contributed by atoms with Crippen molar-refractivity contribution in [2.75, 3.05) is 39.4 Å². The van der Waals surface area contributed by atoms with E-state index in [4.69, 9.17) is 9.47 Å². The Morgan fingerprint density at radius 2 is 2.09 bits per heavy atom. The molecule has 0 atom stereocenters. The highest BCUT2D eigenvalue weighted by molar-refractivity contribution is 7.10. The molecule has 0 bridgehead atoms. The molecule has 0 aliphatic carbocycles. The van der Waals surface area contributed by atoms with Crippen LogP contribution < -0.4 is 0 Å². The van der Waals surface area contributed by atoms with Gasteiger partial charge in [-0.2, -0.15) is 0 Å². The Labute approximate surface area is 139 Å². The molecule has 6 nitrogen and oxygen atoms in total. The highest BCUT2D eigenvalue weighted by atomic mass is 32.1. The van der Waals surface area contributed by atoms with Gasteiger partial charge < -0.3 is 14.4 Å². The lowest BCUT2D eigenvalue weighted by Crippen LogP contribution is -2.50. The molecule has 7 heteroatoms. The highest BCUT2D eigenvalue weighted by Crippen LogP contribution is 2.43. The third-order valence-electron chi connectivity index (χ3n) is 5.04. The van der Waals surface area contributed by atoms with Crippen LogP contribution >= 0.6 is 11.3 Å². The fraction of sp³-hybridized carbons (Fsp3) is 0.625. The number of rotatable bonds is 2. The number of nitrogens with zero attached hydrogens (tertiary/aromatic N) is 2. The SMILES string of the molecule is O=C(CN1CCOC1=O)N1CCC2(CC1)OCCc1sccc12. The average molecular weight is 336 g/mol. The summed E-state index contributed by atoms with van der Waals surface area (Å²) in [6.07, 6.45) is 2.26. The van der Waals surface area contributed by atoms with E-state index in [0.717, 1.165) is 25.9 Å². The Hall–Kier alpha value is -1.60. The molecule has 3 aliphatic rings. The molecule has 0 aromatic carbocycles. The van der Waals surface area contributed by atoms with E-state index in [-0.39, 0.29) is 24.1 Å². The van der Waals surface area contributed by atoms with E-state index in [1.165, 1.54) is 15.3 Å². The molecule has 0 N–H and O–H groups in total. The van der Waals surface area contributed by atoms with Crippen molar-refractivity contribution in [1.82, 2.24) is 9.80 Å². The third-order valence-corrected chi connectivity index (χ3v) is 6.02. The van der Waals surface area contributed by atoms with E-state index >= 15 is 0 Å². The van der Waals surface area contributed by atoms with Crippen molar-refractivity contribution in [3.8, 4) is 0 Å². The maximum Gasteiger partial charge on any atom is 0.410 e. The molecule has 1 aromatic rings. The number of piperidine rings is 1. The Morgan fingerprint density at radius 1 is 1.26 bits per heavy atom. The minimum absolute atomic E-state index is 0.0000477. The lowest BCUT2D eigenvalue weighted by Gasteiger charge is -2.44. The monoisotopic (exact) mass is 336 g/mol. The zero-order valence-electron chi connectivity index (χ0n) is 13.0. The molecular formula is C16H20N2O4S. The van der Waals surface area contributed by atoms with Crippen molar-refractivity contribution in [1.29, 1.82) is 0 Å². The smallest absolute Gasteiger partial charge is 0.410 e. The summed E-state index contributed by atoms with van der Waals surface area (Å²) in [6, 6.07) is 2.18.